The third kappa shape index (κ3) is 15.3. The number of hydrogen-bond acceptors (Lipinski definition) is 2. The molecule has 2 nitrogen and oxygen atoms in total. The minimum Gasteiger partial charge on any atom is -0.490 e. The van der Waals surface area contributed by atoms with E-state index in [0.717, 1.165) is 40.2 Å². The summed E-state index contributed by atoms with van der Waals surface area (Å²) in [6, 6.07) is 32.9. The van der Waals surface area contributed by atoms with Crippen LogP contribution < -0.4 is 9.47 Å². The minimum atomic E-state index is 0.602. The number of rotatable bonds is 13. The first-order valence-corrected chi connectivity index (χ1v) is 17.0. The minimum absolute atomic E-state index is 0.602. The summed E-state index contributed by atoms with van der Waals surface area (Å²) in [4.78, 5) is 0. The van der Waals surface area contributed by atoms with E-state index in [2.05, 4.69) is 86.1 Å². The average molecular weight is 623 g/mol. The van der Waals surface area contributed by atoms with Gasteiger partial charge in [0.25, 0.3) is 0 Å². The molecule has 4 aromatic carbocycles. The van der Waals surface area contributed by atoms with E-state index in [4.69, 9.17) is 9.47 Å². The number of unbranched alkanes of at least 4 members (excludes halogenated alkanes) is 4. The Labute approximate surface area is 284 Å². The zero-order valence-corrected chi connectivity index (χ0v) is 28.7. The van der Waals surface area contributed by atoms with Gasteiger partial charge in [-0.2, -0.15) is 0 Å². The molecule has 0 atom stereocenters. The molecule has 0 unspecified atom stereocenters. The van der Waals surface area contributed by atoms with Crippen molar-refractivity contribution < 1.29 is 9.47 Å². The molecule has 2 heteroatoms. The topological polar surface area (TPSA) is 18.5 Å². The SMILES string of the molecule is CC=CCOc1ccc(C#Cc2ccc(CC)cc2)cc1.CC=CCOc1ccc(C#Cc2ccc(CCCCCCC)cc2)cc1. The fraction of sp³-hybridized carbons (Fsp3) is 0.289. The summed E-state index contributed by atoms with van der Waals surface area (Å²) in [7, 11) is 0. The van der Waals surface area contributed by atoms with Gasteiger partial charge in [-0.1, -0.05) is 112 Å². The van der Waals surface area contributed by atoms with Gasteiger partial charge < -0.3 is 9.47 Å². The maximum atomic E-state index is 5.60. The van der Waals surface area contributed by atoms with Gasteiger partial charge >= 0.3 is 0 Å². The first-order valence-electron chi connectivity index (χ1n) is 17.0. The number of ether oxygens (including phenoxy) is 2. The second kappa shape index (κ2) is 22.6. The summed E-state index contributed by atoms with van der Waals surface area (Å²) >= 11 is 0. The standard InChI is InChI=1S/C25H30O.C20H20O/c1-3-5-7-8-9-10-22-11-13-23(14-12-22)15-16-24-17-19-25(20-18-24)26-21-6-4-2;1-3-5-16-21-20-14-12-19(13-15-20)11-10-18-8-6-17(4-2)7-9-18/h4,6,11-14,17-20H,3,5,7-10,21H2,1-2H3;3,5-9,12-15H,4,16H2,1-2H3. The van der Waals surface area contributed by atoms with Gasteiger partial charge in [0.05, 0.1) is 0 Å². The van der Waals surface area contributed by atoms with Gasteiger partial charge in [0.2, 0.25) is 0 Å². The summed E-state index contributed by atoms with van der Waals surface area (Å²) < 4.78 is 11.2. The second-order valence-corrected chi connectivity index (χ2v) is 11.2. The highest BCUT2D eigenvalue weighted by atomic mass is 16.5. The number of allylic oxidation sites excluding steroid dienone is 2. The molecule has 0 saturated heterocycles. The molecule has 0 aromatic heterocycles. The predicted octanol–water partition coefficient (Wildman–Crippen LogP) is 11.2. The Morgan fingerprint density at radius 2 is 0.851 bits per heavy atom. The quantitative estimate of drug-likeness (QED) is 0.0839. The highest BCUT2D eigenvalue weighted by molar-refractivity contribution is 5.46. The molecule has 0 heterocycles. The number of hydrogen-bond donors (Lipinski definition) is 0. The highest BCUT2D eigenvalue weighted by Crippen LogP contribution is 2.14. The average Bonchev–Trinajstić information content (AvgIpc) is 3.12. The third-order valence-electron chi connectivity index (χ3n) is 7.46. The van der Waals surface area contributed by atoms with Crippen molar-refractivity contribution in [3.8, 4) is 35.2 Å². The van der Waals surface area contributed by atoms with Gasteiger partial charge in [0.15, 0.2) is 0 Å². The molecular weight excluding hydrogens is 572 g/mol. The van der Waals surface area contributed by atoms with Crippen LogP contribution in [0.2, 0.25) is 0 Å². The van der Waals surface area contributed by atoms with Crippen LogP contribution in [0.4, 0.5) is 0 Å². The van der Waals surface area contributed by atoms with Crippen LogP contribution in [0.15, 0.2) is 121 Å². The van der Waals surface area contributed by atoms with Crippen molar-refractivity contribution in [1.82, 2.24) is 0 Å². The van der Waals surface area contributed by atoms with Crippen molar-refractivity contribution >= 4 is 0 Å². The molecule has 0 aliphatic rings. The Hall–Kier alpha value is -4.92. The van der Waals surface area contributed by atoms with Crippen LogP contribution in [0.3, 0.4) is 0 Å². The summed E-state index contributed by atoms with van der Waals surface area (Å²) in [5.41, 5.74) is 6.85. The van der Waals surface area contributed by atoms with Crippen molar-refractivity contribution in [3.63, 3.8) is 0 Å². The molecule has 0 amide bonds. The molecule has 0 radical (unpaired) electrons. The van der Waals surface area contributed by atoms with Crippen LogP contribution in [0.1, 0.15) is 93.2 Å². The predicted molar refractivity (Wildman–Crippen MR) is 200 cm³/mol. The van der Waals surface area contributed by atoms with E-state index in [0.29, 0.717) is 13.2 Å². The van der Waals surface area contributed by atoms with E-state index in [1.165, 1.54) is 49.7 Å². The van der Waals surface area contributed by atoms with E-state index < -0.39 is 0 Å². The van der Waals surface area contributed by atoms with Crippen LogP contribution >= 0.6 is 0 Å². The van der Waals surface area contributed by atoms with Crippen LogP contribution in [0.25, 0.3) is 0 Å². The van der Waals surface area contributed by atoms with Crippen molar-refractivity contribution in [2.24, 2.45) is 0 Å². The third-order valence-corrected chi connectivity index (χ3v) is 7.46. The molecular formula is C45H50O2. The Balaban J connectivity index is 0.000000261. The van der Waals surface area contributed by atoms with Gasteiger partial charge in [-0.3, -0.25) is 0 Å². The number of aryl methyl sites for hydroxylation is 2. The largest absolute Gasteiger partial charge is 0.490 e. The lowest BCUT2D eigenvalue weighted by Crippen LogP contribution is -1.92. The van der Waals surface area contributed by atoms with E-state index in [-0.39, 0.29) is 0 Å². The normalized spacial score (nSPS) is 10.4. The van der Waals surface area contributed by atoms with Gasteiger partial charge in [-0.25, -0.2) is 0 Å². The summed E-state index contributed by atoms with van der Waals surface area (Å²) in [5.74, 6) is 14.6. The Morgan fingerprint density at radius 1 is 0.468 bits per heavy atom. The molecule has 0 spiro atoms. The van der Waals surface area contributed by atoms with Crippen molar-refractivity contribution in [1.29, 1.82) is 0 Å². The lowest BCUT2D eigenvalue weighted by molar-refractivity contribution is 0.362. The zero-order chi connectivity index (χ0) is 33.4. The molecule has 0 aliphatic heterocycles. The molecule has 47 heavy (non-hydrogen) atoms. The van der Waals surface area contributed by atoms with Crippen LogP contribution in [0.5, 0.6) is 11.5 Å². The van der Waals surface area contributed by atoms with Gasteiger partial charge in [0, 0.05) is 22.3 Å². The Morgan fingerprint density at radius 3 is 1.23 bits per heavy atom. The van der Waals surface area contributed by atoms with Crippen molar-refractivity contribution in [2.45, 2.75) is 72.6 Å². The highest BCUT2D eigenvalue weighted by Gasteiger charge is 1.96. The molecule has 0 bridgehead atoms. The summed E-state index contributed by atoms with van der Waals surface area (Å²) in [6.45, 7) is 9.59. The Bertz CT molecular complexity index is 1600. The first kappa shape index (κ1) is 36.5. The summed E-state index contributed by atoms with van der Waals surface area (Å²) in [6.07, 6.45) is 16.8. The van der Waals surface area contributed by atoms with E-state index in [1.54, 1.807) is 0 Å². The molecule has 0 aliphatic carbocycles. The molecule has 4 aromatic rings. The molecule has 0 N–H and O–H groups in total. The lowest BCUT2D eigenvalue weighted by atomic mass is 10.0. The first-order chi connectivity index (χ1) is 23.1. The van der Waals surface area contributed by atoms with Crippen LogP contribution in [-0.4, -0.2) is 13.2 Å². The maximum absolute atomic E-state index is 5.60. The van der Waals surface area contributed by atoms with E-state index in [9.17, 15) is 0 Å². The molecule has 4 rings (SSSR count). The van der Waals surface area contributed by atoms with Gasteiger partial charge in [-0.05, 0) is 117 Å². The lowest BCUT2D eigenvalue weighted by Gasteiger charge is -2.02. The monoisotopic (exact) mass is 622 g/mol. The number of benzene rings is 4. The summed E-state index contributed by atoms with van der Waals surface area (Å²) in [5, 5.41) is 0. The maximum Gasteiger partial charge on any atom is 0.119 e. The molecule has 0 fully saturated rings. The molecule has 242 valence electrons. The van der Waals surface area contributed by atoms with E-state index >= 15 is 0 Å². The van der Waals surface area contributed by atoms with Crippen LogP contribution in [0, 0.1) is 23.7 Å². The fourth-order valence-electron chi connectivity index (χ4n) is 4.55. The van der Waals surface area contributed by atoms with E-state index in [1.807, 2.05) is 86.7 Å². The smallest absolute Gasteiger partial charge is 0.119 e. The second-order valence-electron chi connectivity index (χ2n) is 11.2. The van der Waals surface area contributed by atoms with Crippen LogP contribution in [-0.2, 0) is 12.8 Å². The Kier molecular flexibility index (Phi) is 17.5. The van der Waals surface area contributed by atoms with Gasteiger partial charge in [0.1, 0.15) is 24.7 Å². The zero-order valence-electron chi connectivity index (χ0n) is 28.7. The fourth-order valence-corrected chi connectivity index (χ4v) is 4.55. The van der Waals surface area contributed by atoms with Crippen molar-refractivity contribution in [2.75, 3.05) is 13.2 Å². The molecule has 0 saturated carbocycles. The van der Waals surface area contributed by atoms with Gasteiger partial charge in [-0.15, -0.1) is 0 Å². The van der Waals surface area contributed by atoms with Crippen molar-refractivity contribution in [3.05, 3.63) is 155 Å².